The molecule has 0 atom stereocenters. The molecule has 0 aromatic carbocycles. The SMILES string of the molecule is CNc1nc(NC(CO)(CO)CO)c2cc(C)sc2n1. The molecule has 0 aliphatic heterocycles. The van der Waals surface area contributed by atoms with Gasteiger partial charge < -0.3 is 26.0 Å². The number of aliphatic hydroxyl groups excluding tert-OH is 3. The molecular formula is C12H18N4O3S. The molecule has 0 unspecified atom stereocenters. The molecule has 0 saturated carbocycles. The zero-order chi connectivity index (χ0) is 14.8. The Morgan fingerprint density at radius 2 is 1.85 bits per heavy atom. The Morgan fingerprint density at radius 3 is 2.40 bits per heavy atom. The van der Waals surface area contributed by atoms with Gasteiger partial charge in [0.25, 0.3) is 0 Å². The molecule has 0 fully saturated rings. The standard InChI is InChI=1S/C12H18N4O3S/c1-7-3-8-9(16-12(4-17,5-18)6-19)14-11(13-2)15-10(8)20-7/h3,17-19H,4-6H2,1-2H3,(H2,13,14,15,16). The molecule has 110 valence electrons. The molecule has 0 amide bonds. The monoisotopic (exact) mass is 298 g/mol. The molecule has 2 aromatic rings. The average Bonchev–Trinajstić information content (AvgIpc) is 2.85. The van der Waals surface area contributed by atoms with Crippen molar-refractivity contribution in [3.63, 3.8) is 0 Å². The van der Waals surface area contributed by atoms with E-state index in [-0.39, 0.29) is 0 Å². The van der Waals surface area contributed by atoms with Crippen LogP contribution in [-0.2, 0) is 0 Å². The summed E-state index contributed by atoms with van der Waals surface area (Å²) in [5.41, 5.74) is -1.22. The van der Waals surface area contributed by atoms with Crippen LogP contribution >= 0.6 is 11.3 Å². The van der Waals surface area contributed by atoms with Crippen molar-refractivity contribution < 1.29 is 15.3 Å². The number of nitrogens with zero attached hydrogens (tertiary/aromatic N) is 2. The quantitative estimate of drug-likeness (QED) is 0.517. The van der Waals surface area contributed by atoms with Crippen LogP contribution in [0.1, 0.15) is 4.88 Å². The highest BCUT2D eigenvalue weighted by Gasteiger charge is 2.29. The molecular weight excluding hydrogens is 280 g/mol. The van der Waals surface area contributed by atoms with E-state index in [1.54, 1.807) is 7.05 Å². The Bertz CT molecular complexity index is 589. The van der Waals surface area contributed by atoms with Gasteiger partial charge in [-0.25, -0.2) is 4.98 Å². The van der Waals surface area contributed by atoms with Crippen molar-refractivity contribution in [2.45, 2.75) is 12.5 Å². The fourth-order valence-corrected chi connectivity index (χ4v) is 2.65. The predicted octanol–water partition coefficient (Wildman–Crippen LogP) is 0.169. The van der Waals surface area contributed by atoms with Crippen molar-refractivity contribution in [3.8, 4) is 0 Å². The first-order valence-electron chi connectivity index (χ1n) is 6.14. The summed E-state index contributed by atoms with van der Waals surface area (Å²) in [6, 6.07) is 1.93. The number of aliphatic hydroxyl groups is 3. The van der Waals surface area contributed by atoms with Crippen molar-refractivity contribution in [3.05, 3.63) is 10.9 Å². The largest absolute Gasteiger partial charge is 0.394 e. The van der Waals surface area contributed by atoms with Crippen molar-refractivity contribution in [2.24, 2.45) is 0 Å². The molecule has 20 heavy (non-hydrogen) atoms. The van der Waals surface area contributed by atoms with Gasteiger partial charge in [-0.2, -0.15) is 4.98 Å². The summed E-state index contributed by atoms with van der Waals surface area (Å²) in [4.78, 5) is 10.5. The molecule has 2 aromatic heterocycles. The van der Waals surface area contributed by atoms with E-state index in [1.165, 1.54) is 11.3 Å². The lowest BCUT2D eigenvalue weighted by Crippen LogP contribution is -2.49. The molecule has 8 heteroatoms. The normalized spacial score (nSPS) is 11.8. The Morgan fingerprint density at radius 1 is 1.20 bits per heavy atom. The first kappa shape index (κ1) is 14.9. The number of nitrogens with one attached hydrogen (secondary N) is 2. The lowest BCUT2D eigenvalue weighted by atomic mass is 10.0. The van der Waals surface area contributed by atoms with Gasteiger partial charge in [0, 0.05) is 11.9 Å². The maximum Gasteiger partial charge on any atom is 0.225 e. The Kier molecular flexibility index (Phi) is 4.39. The first-order valence-corrected chi connectivity index (χ1v) is 6.96. The van der Waals surface area contributed by atoms with E-state index in [4.69, 9.17) is 0 Å². The molecule has 0 saturated heterocycles. The van der Waals surface area contributed by atoms with Gasteiger partial charge in [-0.3, -0.25) is 0 Å². The van der Waals surface area contributed by atoms with Gasteiger partial charge in [-0.05, 0) is 13.0 Å². The molecule has 0 aliphatic carbocycles. The van der Waals surface area contributed by atoms with Crippen LogP contribution in [0.2, 0.25) is 0 Å². The van der Waals surface area contributed by atoms with Gasteiger partial charge in [-0.1, -0.05) is 0 Å². The Balaban J connectivity index is 2.51. The van der Waals surface area contributed by atoms with Crippen molar-refractivity contribution in [2.75, 3.05) is 37.5 Å². The summed E-state index contributed by atoms with van der Waals surface area (Å²) in [5, 5.41) is 34.8. The summed E-state index contributed by atoms with van der Waals surface area (Å²) < 4.78 is 0. The van der Waals surface area contributed by atoms with Crippen LogP contribution in [0, 0.1) is 6.92 Å². The summed E-state index contributed by atoms with van der Waals surface area (Å²) in [7, 11) is 1.71. The van der Waals surface area contributed by atoms with Gasteiger partial charge in [0.15, 0.2) is 0 Å². The predicted molar refractivity (Wildman–Crippen MR) is 79.3 cm³/mol. The van der Waals surface area contributed by atoms with Gasteiger partial charge in [0.2, 0.25) is 5.95 Å². The van der Waals surface area contributed by atoms with Crippen LogP contribution in [0.4, 0.5) is 11.8 Å². The second-order valence-electron chi connectivity index (χ2n) is 4.60. The molecule has 2 rings (SSSR count). The highest BCUT2D eigenvalue weighted by molar-refractivity contribution is 7.18. The van der Waals surface area contributed by atoms with E-state index in [9.17, 15) is 15.3 Å². The number of aromatic nitrogens is 2. The van der Waals surface area contributed by atoms with Crippen LogP contribution in [0.25, 0.3) is 10.2 Å². The topological polar surface area (TPSA) is 111 Å². The van der Waals surface area contributed by atoms with Gasteiger partial charge >= 0.3 is 0 Å². The summed E-state index contributed by atoms with van der Waals surface area (Å²) >= 11 is 1.53. The smallest absolute Gasteiger partial charge is 0.225 e. The average molecular weight is 298 g/mol. The first-order chi connectivity index (χ1) is 9.57. The fourth-order valence-electron chi connectivity index (χ4n) is 1.77. The van der Waals surface area contributed by atoms with E-state index >= 15 is 0 Å². The number of rotatable bonds is 6. The van der Waals surface area contributed by atoms with E-state index in [0.717, 1.165) is 15.1 Å². The maximum absolute atomic E-state index is 9.40. The highest BCUT2D eigenvalue weighted by atomic mass is 32.1. The number of hydrogen-bond acceptors (Lipinski definition) is 8. The number of anilines is 2. The minimum absolute atomic E-state index is 0.413. The van der Waals surface area contributed by atoms with Gasteiger partial charge in [0.1, 0.15) is 16.2 Å². The lowest BCUT2D eigenvalue weighted by molar-refractivity contribution is 0.0832. The molecule has 0 spiro atoms. The van der Waals surface area contributed by atoms with Gasteiger partial charge in [0.05, 0.1) is 25.2 Å². The number of thiophene rings is 1. The summed E-state index contributed by atoms with van der Waals surface area (Å²) in [5.74, 6) is 0.908. The molecule has 0 radical (unpaired) electrons. The van der Waals surface area contributed by atoms with Crippen LogP contribution in [0.3, 0.4) is 0 Å². The third-order valence-electron chi connectivity index (χ3n) is 3.03. The van der Waals surface area contributed by atoms with E-state index in [1.807, 2.05) is 13.0 Å². The Labute approximate surface area is 120 Å². The van der Waals surface area contributed by atoms with E-state index < -0.39 is 25.4 Å². The molecule has 0 bridgehead atoms. The zero-order valence-corrected chi connectivity index (χ0v) is 12.2. The highest BCUT2D eigenvalue weighted by Crippen LogP contribution is 2.30. The third-order valence-corrected chi connectivity index (χ3v) is 3.98. The number of hydrogen-bond donors (Lipinski definition) is 5. The van der Waals surface area contributed by atoms with E-state index in [0.29, 0.717) is 11.8 Å². The Hall–Kier alpha value is -1.48. The maximum atomic E-state index is 9.40. The molecule has 0 aliphatic rings. The summed E-state index contributed by atoms with van der Waals surface area (Å²) in [6.45, 7) is 0.725. The van der Waals surface area contributed by atoms with Crippen LogP contribution < -0.4 is 10.6 Å². The minimum atomic E-state index is -1.22. The fraction of sp³-hybridized carbons (Fsp3) is 0.500. The second kappa shape index (κ2) is 5.88. The molecule has 7 nitrogen and oxygen atoms in total. The minimum Gasteiger partial charge on any atom is -0.394 e. The summed E-state index contributed by atoms with van der Waals surface area (Å²) in [6.07, 6.45) is 0. The van der Waals surface area contributed by atoms with Crippen molar-refractivity contribution in [1.82, 2.24) is 9.97 Å². The number of aryl methyl sites for hydroxylation is 1. The van der Waals surface area contributed by atoms with Crippen molar-refractivity contribution in [1.29, 1.82) is 0 Å². The third kappa shape index (κ3) is 2.68. The number of fused-ring (bicyclic) bond motifs is 1. The molecule has 5 N–H and O–H groups in total. The lowest BCUT2D eigenvalue weighted by Gasteiger charge is -2.29. The van der Waals surface area contributed by atoms with E-state index in [2.05, 4.69) is 20.6 Å². The van der Waals surface area contributed by atoms with Gasteiger partial charge in [-0.15, -0.1) is 11.3 Å². The van der Waals surface area contributed by atoms with Crippen molar-refractivity contribution >= 4 is 33.3 Å². The zero-order valence-electron chi connectivity index (χ0n) is 11.3. The second-order valence-corrected chi connectivity index (χ2v) is 5.84. The van der Waals surface area contributed by atoms with Crippen LogP contribution in [0.15, 0.2) is 6.07 Å². The van der Waals surface area contributed by atoms with Crippen LogP contribution in [0.5, 0.6) is 0 Å². The van der Waals surface area contributed by atoms with Crippen LogP contribution in [-0.4, -0.2) is 57.7 Å². The molecule has 2 heterocycles.